The van der Waals surface area contributed by atoms with Crippen LogP contribution in [0.4, 0.5) is 10.5 Å². The van der Waals surface area contributed by atoms with Crippen molar-refractivity contribution in [3.05, 3.63) is 28.2 Å². The first-order valence-electron chi connectivity index (χ1n) is 5.20. The van der Waals surface area contributed by atoms with Gasteiger partial charge in [-0.05, 0) is 18.6 Å². The van der Waals surface area contributed by atoms with E-state index >= 15 is 0 Å². The van der Waals surface area contributed by atoms with Gasteiger partial charge in [0.1, 0.15) is 0 Å². The average Bonchev–Trinajstić information content (AvgIpc) is 2.32. The van der Waals surface area contributed by atoms with E-state index in [9.17, 15) is 4.79 Å². The van der Waals surface area contributed by atoms with Crippen LogP contribution in [-0.4, -0.2) is 23.8 Å². The first-order valence-corrected chi connectivity index (χ1v) is 5.96. The van der Waals surface area contributed by atoms with Gasteiger partial charge >= 0.3 is 6.03 Å². The van der Waals surface area contributed by atoms with Crippen molar-refractivity contribution in [2.24, 2.45) is 0 Å². The molecule has 1 aromatic rings. The first-order chi connectivity index (χ1) is 8.08. The van der Waals surface area contributed by atoms with E-state index in [1.54, 1.807) is 18.2 Å². The Morgan fingerprint density at radius 3 is 2.76 bits per heavy atom. The molecule has 2 amide bonds. The summed E-state index contributed by atoms with van der Waals surface area (Å²) in [6.45, 7) is 1.76. The zero-order valence-corrected chi connectivity index (χ0v) is 10.8. The second-order valence-electron chi connectivity index (χ2n) is 3.49. The van der Waals surface area contributed by atoms with Crippen LogP contribution in [0, 0.1) is 0 Å². The topological polar surface area (TPSA) is 61.4 Å². The third kappa shape index (κ3) is 4.07. The largest absolute Gasteiger partial charge is 0.394 e. The molecule has 0 aliphatic heterocycles. The molecule has 0 saturated carbocycles. The van der Waals surface area contributed by atoms with Gasteiger partial charge in [0.15, 0.2) is 0 Å². The van der Waals surface area contributed by atoms with Gasteiger partial charge in [-0.1, -0.05) is 36.2 Å². The summed E-state index contributed by atoms with van der Waals surface area (Å²) in [5.74, 6) is 0. The summed E-state index contributed by atoms with van der Waals surface area (Å²) < 4.78 is 0. The quantitative estimate of drug-likeness (QED) is 0.792. The lowest BCUT2D eigenvalue weighted by Crippen LogP contribution is -2.39. The summed E-state index contributed by atoms with van der Waals surface area (Å²) in [6, 6.07) is 4.28. The van der Waals surface area contributed by atoms with Crippen LogP contribution in [0.25, 0.3) is 0 Å². The van der Waals surface area contributed by atoms with E-state index in [1.165, 1.54) is 0 Å². The maximum Gasteiger partial charge on any atom is 0.319 e. The van der Waals surface area contributed by atoms with E-state index in [2.05, 4.69) is 10.6 Å². The van der Waals surface area contributed by atoms with Crippen molar-refractivity contribution in [3.8, 4) is 0 Å². The molecule has 0 heterocycles. The molecule has 0 radical (unpaired) electrons. The molecular formula is C11H14Cl2N2O2. The fraction of sp³-hybridized carbons (Fsp3) is 0.364. The highest BCUT2D eigenvalue weighted by molar-refractivity contribution is 6.43. The van der Waals surface area contributed by atoms with E-state index in [1.807, 2.05) is 6.92 Å². The lowest BCUT2D eigenvalue weighted by Gasteiger charge is -2.15. The van der Waals surface area contributed by atoms with Gasteiger partial charge in [-0.25, -0.2) is 4.79 Å². The molecule has 0 bridgehead atoms. The molecule has 0 saturated heterocycles. The van der Waals surface area contributed by atoms with Crippen molar-refractivity contribution < 1.29 is 9.90 Å². The summed E-state index contributed by atoms with van der Waals surface area (Å²) in [7, 11) is 0. The van der Waals surface area contributed by atoms with E-state index < -0.39 is 6.03 Å². The van der Waals surface area contributed by atoms with E-state index in [4.69, 9.17) is 28.3 Å². The standard InChI is InChI=1S/C11H14Cl2N2O2/c1-2-7(6-16)14-11(17)15-9-5-3-4-8(12)10(9)13/h3-5,7,16H,2,6H2,1H3,(H2,14,15,17). The first kappa shape index (κ1) is 14.1. The molecule has 17 heavy (non-hydrogen) atoms. The van der Waals surface area contributed by atoms with E-state index in [0.29, 0.717) is 22.2 Å². The van der Waals surface area contributed by atoms with Gasteiger partial charge in [0.05, 0.1) is 28.4 Å². The molecular weight excluding hydrogens is 263 g/mol. The number of hydrogen-bond acceptors (Lipinski definition) is 2. The summed E-state index contributed by atoms with van der Waals surface area (Å²) >= 11 is 11.7. The number of nitrogens with one attached hydrogen (secondary N) is 2. The summed E-state index contributed by atoms with van der Waals surface area (Å²) in [5, 5.41) is 14.8. The number of urea groups is 1. The Bertz CT molecular complexity index is 395. The molecule has 3 N–H and O–H groups in total. The number of anilines is 1. The Balaban J connectivity index is 2.65. The maximum absolute atomic E-state index is 11.6. The number of amides is 2. The van der Waals surface area contributed by atoms with Crippen molar-refractivity contribution in [2.75, 3.05) is 11.9 Å². The lowest BCUT2D eigenvalue weighted by atomic mass is 10.2. The fourth-order valence-electron chi connectivity index (χ4n) is 1.22. The fourth-order valence-corrected chi connectivity index (χ4v) is 1.57. The van der Waals surface area contributed by atoms with Crippen LogP contribution in [0.15, 0.2) is 18.2 Å². The van der Waals surface area contributed by atoms with Crippen LogP contribution in [0.1, 0.15) is 13.3 Å². The Morgan fingerprint density at radius 2 is 2.18 bits per heavy atom. The monoisotopic (exact) mass is 276 g/mol. The molecule has 94 valence electrons. The van der Waals surface area contributed by atoms with Crippen molar-refractivity contribution in [3.63, 3.8) is 0 Å². The summed E-state index contributed by atoms with van der Waals surface area (Å²) in [4.78, 5) is 11.6. The van der Waals surface area contributed by atoms with E-state index in [-0.39, 0.29) is 12.6 Å². The SMILES string of the molecule is CCC(CO)NC(=O)Nc1cccc(Cl)c1Cl. The zero-order valence-electron chi connectivity index (χ0n) is 9.34. The van der Waals surface area contributed by atoms with Crippen LogP contribution in [-0.2, 0) is 0 Å². The molecule has 0 aliphatic rings. The van der Waals surface area contributed by atoms with Crippen LogP contribution in [0.5, 0.6) is 0 Å². The van der Waals surface area contributed by atoms with Gasteiger partial charge in [-0.15, -0.1) is 0 Å². The number of aliphatic hydroxyl groups excluding tert-OH is 1. The highest BCUT2D eigenvalue weighted by atomic mass is 35.5. The van der Waals surface area contributed by atoms with Gasteiger partial charge in [0, 0.05) is 0 Å². The number of benzene rings is 1. The molecule has 1 atom stereocenters. The van der Waals surface area contributed by atoms with Crippen molar-refractivity contribution in [1.82, 2.24) is 5.32 Å². The van der Waals surface area contributed by atoms with Gasteiger partial charge in [0.2, 0.25) is 0 Å². The van der Waals surface area contributed by atoms with Crippen molar-refractivity contribution in [1.29, 1.82) is 0 Å². The maximum atomic E-state index is 11.6. The molecule has 0 aliphatic carbocycles. The highest BCUT2D eigenvalue weighted by Gasteiger charge is 2.11. The Kier molecular flexibility index (Phi) is 5.55. The van der Waals surface area contributed by atoms with Crippen LogP contribution >= 0.6 is 23.2 Å². The minimum absolute atomic E-state index is 0.104. The minimum Gasteiger partial charge on any atom is -0.394 e. The molecule has 1 unspecified atom stereocenters. The van der Waals surface area contributed by atoms with Crippen LogP contribution < -0.4 is 10.6 Å². The number of halogens is 2. The zero-order chi connectivity index (χ0) is 12.8. The third-order valence-electron chi connectivity index (χ3n) is 2.25. The predicted octanol–water partition coefficient (Wildman–Crippen LogP) is 2.89. The van der Waals surface area contributed by atoms with E-state index in [0.717, 1.165) is 0 Å². The lowest BCUT2D eigenvalue weighted by molar-refractivity contribution is 0.222. The molecule has 0 aromatic heterocycles. The Morgan fingerprint density at radius 1 is 1.47 bits per heavy atom. The summed E-state index contributed by atoms with van der Waals surface area (Å²) in [5.41, 5.74) is 0.435. The van der Waals surface area contributed by atoms with Crippen LogP contribution in [0.2, 0.25) is 10.0 Å². The smallest absolute Gasteiger partial charge is 0.319 e. The van der Waals surface area contributed by atoms with Crippen LogP contribution in [0.3, 0.4) is 0 Å². The predicted molar refractivity (Wildman–Crippen MR) is 69.8 cm³/mol. The molecule has 0 spiro atoms. The second-order valence-corrected chi connectivity index (χ2v) is 4.27. The normalized spacial score (nSPS) is 12.0. The molecule has 0 fully saturated rings. The number of hydrogen-bond donors (Lipinski definition) is 3. The number of carbonyl (C=O) groups is 1. The Hall–Kier alpha value is -0.970. The van der Waals surface area contributed by atoms with Gasteiger partial charge < -0.3 is 15.7 Å². The second kappa shape index (κ2) is 6.69. The molecule has 1 rings (SSSR count). The summed E-state index contributed by atoms with van der Waals surface area (Å²) in [6.07, 6.45) is 0.646. The third-order valence-corrected chi connectivity index (χ3v) is 3.07. The average molecular weight is 277 g/mol. The molecule has 1 aromatic carbocycles. The van der Waals surface area contributed by atoms with Crippen molar-refractivity contribution >= 4 is 34.9 Å². The highest BCUT2D eigenvalue weighted by Crippen LogP contribution is 2.29. The van der Waals surface area contributed by atoms with Gasteiger partial charge in [-0.3, -0.25) is 0 Å². The molecule has 4 nitrogen and oxygen atoms in total. The number of rotatable bonds is 4. The van der Waals surface area contributed by atoms with Crippen molar-refractivity contribution in [2.45, 2.75) is 19.4 Å². The minimum atomic E-state index is -0.421. The molecule has 6 heteroatoms. The van der Waals surface area contributed by atoms with Gasteiger partial charge in [-0.2, -0.15) is 0 Å². The number of carbonyl (C=O) groups excluding carboxylic acids is 1. The Labute approximate surface area is 110 Å². The number of aliphatic hydroxyl groups is 1. The van der Waals surface area contributed by atoms with Gasteiger partial charge in [0.25, 0.3) is 0 Å².